The minimum absolute atomic E-state index is 0.164. The van der Waals surface area contributed by atoms with Gasteiger partial charge in [-0.25, -0.2) is 0 Å². The van der Waals surface area contributed by atoms with Gasteiger partial charge in [0.15, 0.2) is 6.29 Å². The van der Waals surface area contributed by atoms with Gasteiger partial charge in [-0.3, -0.25) is 4.79 Å². The Bertz CT molecular complexity index is 514. The predicted molar refractivity (Wildman–Crippen MR) is 62.6 cm³/mol. The second-order valence-corrected chi connectivity index (χ2v) is 4.26. The van der Waals surface area contributed by atoms with Crippen molar-refractivity contribution in [2.24, 2.45) is 7.05 Å². The molecule has 0 saturated carbocycles. The molecule has 1 atom stereocenters. The van der Waals surface area contributed by atoms with Crippen molar-refractivity contribution in [2.45, 2.75) is 12.3 Å². The third-order valence-electron chi connectivity index (χ3n) is 2.69. The molecule has 0 radical (unpaired) electrons. The molecule has 0 aliphatic rings. The van der Waals surface area contributed by atoms with Gasteiger partial charge in [0, 0.05) is 29.2 Å². The number of carbonyl (C=O) groups excluding carboxylic acids is 1. The summed E-state index contributed by atoms with van der Waals surface area (Å²) >= 11 is 6.08. The Balaban J connectivity index is 2.90. The topological polar surface area (TPSA) is 22.0 Å². The zero-order chi connectivity index (χ0) is 11.0. The van der Waals surface area contributed by atoms with Crippen molar-refractivity contribution in [3.8, 4) is 0 Å². The molecule has 2 aromatic rings. The maximum atomic E-state index is 11.1. The summed E-state index contributed by atoms with van der Waals surface area (Å²) in [5, 5.41) is 0.806. The van der Waals surface area contributed by atoms with Crippen LogP contribution in [-0.2, 0) is 7.05 Å². The van der Waals surface area contributed by atoms with E-state index in [1.54, 1.807) is 0 Å². The molecule has 3 heteroatoms. The number of fused-ring (bicyclic) bond motifs is 1. The summed E-state index contributed by atoms with van der Waals surface area (Å²) in [6, 6.07) is 7.82. The molecule has 0 N–H and O–H groups in total. The molecule has 1 aromatic heterocycles. The highest BCUT2D eigenvalue weighted by Crippen LogP contribution is 2.30. The third-order valence-corrected chi connectivity index (χ3v) is 2.89. The summed E-state index contributed by atoms with van der Waals surface area (Å²) in [4.78, 5) is 11.1. The van der Waals surface area contributed by atoms with Crippen molar-refractivity contribution in [2.75, 3.05) is 0 Å². The third kappa shape index (κ3) is 1.45. The monoisotopic (exact) mass is 221 g/mol. The molecule has 0 saturated heterocycles. The highest BCUT2D eigenvalue weighted by Gasteiger charge is 2.17. The van der Waals surface area contributed by atoms with Crippen LogP contribution in [0.3, 0.4) is 0 Å². The van der Waals surface area contributed by atoms with Gasteiger partial charge in [-0.05, 0) is 13.0 Å². The standard InChI is InChI=1S/C12H12ClNO/c1-8(13)12-10(7-15)9-5-3-4-6-11(9)14(12)2/h3-8H,1-2H3. The smallest absolute Gasteiger partial charge is 0.152 e. The number of aldehydes is 1. The largest absolute Gasteiger partial charge is 0.346 e. The van der Waals surface area contributed by atoms with E-state index in [0.29, 0.717) is 5.56 Å². The lowest BCUT2D eigenvalue weighted by Gasteiger charge is -2.06. The van der Waals surface area contributed by atoms with Gasteiger partial charge in [-0.2, -0.15) is 0 Å². The fraction of sp³-hybridized carbons (Fsp3) is 0.250. The first kappa shape index (κ1) is 10.2. The number of hydrogen-bond acceptors (Lipinski definition) is 1. The number of para-hydroxylation sites is 1. The number of hydrogen-bond donors (Lipinski definition) is 0. The van der Waals surface area contributed by atoms with Gasteiger partial charge in [0.25, 0.3) is 0 Å². The van der Waals surface area contributed by atoms with E-state index in [2.05, 4.69) is 0 Å². The molecule has 1 heterocycles. The van der Waals surface area contributed by atoms with E-state index in [1.807, 2.05) is 42.8 Å². The van der Waals surface area contributed by atoms with Crippen molar-refractivity contribution in [3.63, 3.8) is 0 Å². The molecular formula is C12H12ClNO. The normalized spacial score (nSPS) is 13.0. The van der Waals surface area contributed by atoms with E-state index >= 15 is 0 Å². The van der Waals surface area contributed by atoms with Gasteiger partial charge in [0.2, 0.25) is 0 Å². The molecule has 15 heavy (non-hydrogen) atoms. The van der Waals surface area contributed by atoms with Crippen LogP contribution in [0.5, 0.6) is 0 Å². The van der Waals surface area contributed by atoms with Gasteiger partial charge in [-0.1, -0.05) is 18.2 Å². The number of benzene rings is 1. The predicted octanol–water partition coefficient (Wildman–Crippen LogP) is 3.29. The van der Waals surface area contributed by atoms with Crippen molar-refractivity contribution in [1.29, 1.82) is 0 Å². The van der Waals surface area contributed by atoms with Gasteiger partial charge in [-0.15, -0.1) is 11.6 Å². The molecule has 2 nitrogen and oxygen atoms in total. The van der Waals surface area contributed by atoms with E-state index in [9.17, 15) is 4.79 Å². The van der Waals surface area contributed by atoms with Crippen LogP contribution in [-0.4, -0.2) is 10.9 Å². The van der Waals surface area contributed by atoms with E-state index in [1.165, 1.54) is 0 Å². The number of halogens is 1. The first-order chi connectivity index (χ1) is 7.16. The molecule has 1 unspecified atom stereocenters. The van der Waals surface area contributed by atoms with E-state index in [0.717, 1.165) is 22.9 Å². The highest BCUT2D eigenvalue weighted by molar-refractivity contribution is 6.21. The summed E-state index contributed by atoms with van der Waals surface area (Å²) in [5.41, 5.74) is 2.63. The number of rotatable bonds is 2. The zero-order valence-electron chi connectivity index (χ0n) is 8.70. The van der Waals surface area contributed by atoms with Crippen LogP contribution in [0, 0.1) is 0 Å². The second-order valence-electron chi connectivity index (χ2n) is 3.61. The first-order valence-electron chi connectivity index (χ1n) is 4.83. The van der Waals surface area contributed by atoms with E-state index < -0.39 is 0 Å². The van der Waals surface area contributed by atoms with E-state index in [-0.39, 0.29) is 5.38 Å². The minimum Gasteiger partial charge on any atom is -0.346 e. The van der Waals surface area contributed by atoms with E-state index in [4.69, 9.17) is 11.6 Å². The maximum Gasteiger partial charge on any atom is 0.152 e. The Morgan fingerprint density at radius 2 is 2.07 bits per heavy atom. The van der Waals surface area contributed by atoms with Gasteiger partial charge >= 0.3 is 0 Å². The molecule has 0 fully saturated rings. The number of aryl methyl sites for hydroxylation is 1. The van der Waals surface area contributed by atoms with Crippen LogP contribution in [0.1, 0.15) is 28.4 Å². The lowest BCUT2D eigenvalue weighted by molar-refractivity contribution is 0.112. The quantitative estimate of drug-likeness (QED) is 0.564. The summed E-state index contributed by atoms with van der Waals surface area (Å²) in [7, 11) is 1.93. The van der Waals surface area contributed by atoms with Crippen LogP contribution in [0.4, 0.5) is 0 Å². The Kier molecular flexibility index (Phi) is 2.53. The number of carbonyl (C=O) groups is 1. The van der Waals surface area contributed by atoms with Crippen LogP contribution in [0.2, 0.25) is 0 Å². The van der Waals surface area contributed by atoms with Crippen LogP contribution in [0.25, 0.3) is 10.9 Å². The zero-order valence-corrected chi connectivity index (χ0v) is 9.45. The van der Waals surface area contributed by atoms with Gasteiger partial charge < -0.3 is 4.57 Å². The molecule has 0 bridgehead atoms. The van der Waals surface area contributed by atoms with Gasteiger partial charge in [0.05, 0.1) is 5.38 Å². The molecule has 0 spiro atoms. The first-order valence-corrected chi connectivity index (χ1v) is 5.27. The Morgan fingerprint density at radius 3 is 2.67 bits per heavy atom. The number of aromatic nitrogens is 1. The summed E-state index contributed by atoms with van der Waals surface area (Å²) in [5.74, 6) is 0. The van der Waals surface area contributed by atoms with Gasteiger partial charge in [0.1, 0.15) is 0 Å². The molecule has 0 aliphatic heterocycles. The van der Waals surface area contributed by atoms with Crippen molar-refractivity contribution >= 4 is 28.8 Å². The average molecular weight is 222 g/mol. The fourth-order valence-corrected chi connectivity index (χ4v) is 2.31. The Hall–Kier alpha value is -1.28. The SMILES string of the molecule is CC(Cl)c1c(C=O)c2ccccc2n1C. The minimum atomic E-state index is -0.164. The Labute approximate surface area is 93.5 Å². The maximum absolute atomic E-state index is 11.1. The lowest BCUT2D eigenvalue weighted by Crippen LogP contribution is -1.99. The molecular weight excluding hydrogens is 210 g/mol. The highest BCUT2D eigenvalue weighted by atomic mass is 35.5. The molecule has 0 amide bonds. The fourth-order valence-electron chi connectivity index (χ4n) is 2.05. The van der Waals surface area contributed by atoms with Crippen LogP contribution >= 0.6 is 11.6 Å². The molecule has 0 aliphatic carbocycles. The number of alkyl halides is 1. The lowest BCUT2D eigenvalue weighted by atomic mass is 10.1. The number of nitrogens with zero attached hydrogens (tertiary/aromatic N) is 1. The van der Waals surface area contributed by atoms with Crippen molar-refractivity contribution in [3.05, 3.63) is 35.5 Å². The van der Waals surface area contributed by atoms with Crippen molar-refractivity contribution in [1.82, 2.24) is 4.57 Å². The molecule has 2 rings (SSSR count). The molecule has 1 aromatic carbocycles. The second kappa shape index (κ2) is 3.70. The van der Waals surface area contributed by atoms with Crippen LogP contribution < -0.4 is 0 Å². The van der Waals surface area contributed by atoms with Crippen molar-refractivity contribution < 1.29 is 4.79 Å². The summed E-state index contributed by atoms with van der Waals surface area (Å²) in [6.45, 7) is 1.88. The average Bonchev–Trinajstić information content (AvgIpc) is 2.52. The summed E-state index contributed by atoms with van der Waals surface area (Å²) < 4.78 is 1.98. The summed E-state index contributed by atoms with van der Waals surface area (Å²) in [6.07, 6.45) is 0.885. The Morgan fingerprint density at radius 1 is 1.40 bits per heavy atom. The molecule has 78 valence electrons. The van der Waals surface area contributed by atoms with Crippen LogP contribution in [0.15, 0.2) is 24.3 Å².